The van der Waals surface area contributed by atoms with Crippen molar-refractivity contribution in [2.75, 3.05) is 30.3 Å². The second kappa shape index (κ2) is 12.2. The van der Waals surface area contributed by atoms with Crippen LogP contribution in [-0.4, -0.2) is 46.8 Å². The van der Waals surface area contributed by atoms with Gasteiger partial charge in [-0.1, -0.05) is 32.9 Å². The topological polar surface area (TPSA) is 74.8 Å². The quantitative estimate of drug-likeness (QED) is 0.443. The maximum Gasteiger partial charge on any atom is 0.405 e. The maximum atomic E-state index is 12.6. The lowest BCUT2D eigenvalue weighted by Crippen LogP contribution is -2.25. The molecule has 1 atom stereocenters. The van der Waals surface area contributed by atoms with Crippen molar-refractivity contribution in [1.29, 1.82) is 0 Å². The van der Waals surface area contributed by atoms with Gasteiger partial charge in [-0.3, -0.25) is 0 Å². The van der Waals surface area contributed by atoms with Crippen molar-refractivity contribution in [2.45, 2.75) is 66.1 Å². The largest absolute Gasteiger partial charge is 0.405 e. The van der Waals surface area contributed by atoms with E-state index < -0.39 is 12.7 Å². The lowest BCUT2D eigenvalue weighted by atomic mass is 10.2. The van der Waals surface area contributed by atoms with Crippen molar-refractivity contribution in [3.05, 3.63) is 28.4 Å². The number of hydrogen-bond donors (Lipinski definition) is 3. The summed E-state index contributed by atoms with van der Waals surface area (Å²) in [6.45, 7) is 10.4. The monoisotopic (exact) mass is 470 g/mol. The Bertz CT molecular complexity index is 889. The van der Waals surface area contributed by atoms with E-state index in [1.807, 2.05) is 20.8 Å². The molecule has 32 heavy (non-hydrogen) atoms. The van der Waals surface area contributed by atoms with Gasteiger partial charge in [-0.25, -0.2) is 9.97 Å². The molecular weight excluding hydrogens is 437 g/mol. The zero-order valence-corrected chi connectivity index (χ0v) is 20.2. The lowest BCUT2D eigenvalue weighted by Gasteiger charge is -2.18. The number of allylic oxidation sites excluding steroid dienone is 2. The van der Waals surface area contributed by atoms with Crippen molar-refractivity contribution in [1.82, 2.24) is 20.3 Å². The molecule has 1 saturated heterocycles. The number of nitrogens with one attached hydrogen (secondary N) is 3. The zero-order chi connectivity index (χ0) is 23.7. The SMILES string of the molecule is CC.CC/C=C\Cc1nc(-c2c(C)nc(NCC(F)(F)F)nc2NC2CCNC2)sc1C. The highest BCUT2D eigenvalue weighted by Crippen LogP contribution is 2.35. The second-order valence-electron chi connectivity index (χ2n) is 7.26. The van der Waals surface area contributed by atoms with Gasteiger partial charge in [-0.05, 0) is 33.2 Å². The van der Waals surface area contributed by atoms with Gasteiger partial charge >= 0.3 is 6.18 Å². The number of nitrogens with zero attached hydrogens (tertiary/aromatic N) is 3. The number of aryl methyl sites for hydroxylation is 2. The summed E-state index contributed by atoms with van der Waals surface area (Å²) >= 11 is 1.55. The molecular formula is C22H33F3N6S. The van der Waals surface area contributed by atoms with Gasteiger partial charge in [0.1, 0.15) is 17.4 Å². The molecule has 3 rings (SSSR count). The van der Waals surface area contributed by atoms with E-state index in [1.165, 1.54) is 0 Å². The van der Waals surface area contributed by atoms with Crippen molar-refractivity contribution < 1.29 is 13.2 Å². The van der Waals surface area contributed by atoms with E-state index in [9.17, 15) is 13.2 Å². The van der Waals surface area contributed by atoms with E-state index in [4.69, 9.17) is 4.98 Å². The summed E-state index contributed by atoms with van der Waals surface area (Å²) in [6, 6.07) is 0.154. The Hall–Kier alpha value is -2.20. The Balaban J connectivity index is 0.00000176. The van der Waals surface area contributed by atoms with Crippen LogP contribution in [0.4, 0.5) is 24.9 Å². The van der Waals surface area contributed by atoms with Crippen LogP contribution in [0.2, 0.25) is 0 Å². The Kier molecular flexibility index (Phi) is 9.89. The number of thiazole rings is 1. The molecule has 0 spiro atoms. The van der Waals surface area contributed by atoms with E-state index in [-0.39, 0.29) is 12.0 Å². The Morgan fingerprint density at radius 1 is 1.16 bits per heavy atom. The van der Waals surface area contributed by atoms with E-state index >= 15 is 0 Å². The standard InChI is InChI=1S/C20H27F3N6S.C2H6/c1-4-5-6-7-15-13(3)30-18(28-15)16-12(2)26-19(25-11-20(21,22)23)29-17(16)27-14-8-9-24-10-14;1-2/h5-6,14,24H,4,7-11H2,1-3H3,(H2,25,26,27,29);1-2H3/b6-5-;. The molecule has 10 heteroatoms. The van der Waals surface area contributed by atoms with Crippen LogP contribution in [0.15, 0.2) is 12.2 Å². The second-order valence-corrected chi connectivity index (χ2v) is 8.47. The summed E-state index contributed by atoms with van der Waals surface area (Å²) in [5.74, 6) is 0.478. The molecule has 1 aliphatic rings. The first-order chi connectivity index (χ1) is 15.3. The summed E-state index contributed by atoms with van der Waals surface area (Å²) in [6.07, 6.45) is 2.50. The number of rotatable bonds is 8. The van der Waals surface area contributed by atoms with E-state index in [0.29, 0.717) is 11.5 Å². The minimum absolute atomic E-state index is 0.0404. The highest BCUT2D eigenvalue weighted by molar-refractivity contribution is 7.15. The third-order valence-electron chi connectivity index (χ3n) is 4.76. The molecule has 0 bridgehead atoms. The summed E-state index contributed by atoms with van der Waals surface area (Å²) < 4.78 is 37.9. The molecule has 0 radical (unpaired) electrons. The van der Waals surface area contributed by atoms with Gasteiger partial charge in [0.25, 0.3) is 0 Å². The molecule has 0 aromatic carbocycles. The van der Waals surface area contributed by atoms with E-state index in [1.54, 1.807) is 18.3 Å². The minimum Gasteiger partial charge on any atom is -0.365 e. The van der Waals surface area contributed by atoms with Crippen LogP contribution in [0.25, 0.3) is 10.6 Å². The third-order valence-corrected chi connectivity index (χ3v) is 5.79. The highest BCUT2D eigenvalue weighted by Gasteiger charge is 2.28. The predicted molar refractivity (Wildman–Crippen MR) is 127 cm³/mol. The first kappa shape index (κ1) is 26.1. The number of hydrogen-bond acceptors (Lipinski definition) is 7. The molecule has 0 amide bonds. The summed E-state index contributed by atoms with van der Waals surface area (Å²) in [7, 11) is 0. The zero-order valence-electron chi connectivity index (χ0n) is 19.4. The van der Waals surface area contributed by atoms with Crippen LogP contribution in [-0.2, 0) is 6.42 Å². The minimum atomic E-state index is -4.34. The van der Waals surface area contributed by atoms with Crippen LogP contribution < -0.4 is 16.0 Å². The summed E-state index contributed by atoms with van der Waals surface area (Å²) in [5.41, 5.74) is 2.33. The number of aromatic nitrogens is 3. The Labute approximate surface area is 192 Å². The Morgan fingerprint density at radius 2 is 1.91 bits per heavy atom. The molecule has 6 nitrogen and oxygen atoms in total. The first-order valence-corrected chi connectivity index (χ1v) is 11.9. The van der Waals surface area contributed by atoms with Gasteiger partial charge in [0, 0.05) is 23.9 Å². The third kappa shape index (κ3) is 7.44. The molecule has 1 aliphatic heterocycles. The molecule has 178 valence electrons. The van der Waals surface area contributed by atoms with Crippen molar-refractivity contribution in [2.24, 2.45) is 0 Å². The summed E-state index contributed by atoms with van der Waals surface area (Å²) in [5, 5.41) is 9.73. The normalized spacial score (nSPS) is 16.2. The van der Waals surface area contributed by atoms with E-state index in [0.717, 1.165) is 53.5 Å². The smallest absolute Gasteiger partial charge is 0.365 e. The van der Waals surface area contributed by atoms with Crippen molar-refractivity contribution in [3.63, 3.8) is 0 Å². The van der Waals surface area contributed by atoms with Crippen molar-refractivity contribution >= 4 is 23.1 Å². The van der Waals surface area contributed by atoms with E-state index in [2.05, 4.69) is 45.0 Å². The number of anilines is 2. The van der Waals surface area contributed by atoms with Gasteiger partial charge in [-0.2, -0.15) is 18.2 Å². The van der Waals surface area contributed by atoms with Gasteiger partial charge < -0.3 is 16.0 Å². The highest BCUT2D eigenvalue weighted by atomic mass is 32.1. The molecule has 0 saturated carbocycles. The molecule has 3 N–H and O–H groups in total. The molecule has 2 aromatic heterocycles. The van der Waals surface area contributed by atoms with Crippen LogP contribution >= 0.6 is 11.3 Å². The van der Waals surface area contributed by atoms with Gasteiger partial charge in [-0.15, -0.1) is 11.3 Å². The van der Waals surface area contributed by atoms with Crippen LogP contribution in [0.5, 0.6) is 0 Å². The molecule has 2 aromatic rings. The lowest BCUT2D eigenvalue weighted by molar-refractivity contribution is -0.115. The molecule has 1 unspecified atom stereocenters. The first-order valence-electron chi connectivity index (χ1n) is 11.0. The van der Waals surface area contributed by atoms with Gasteiger partial charge in [0.2, 0.25) is 5.95 Å². The molecule has 3 heterocycles. The number of alkyl halides is 3. The average Bonchev–Trinajstić information content (AvgIpc) is 3.37. The fourth-order valence-corrected chi connectivity index (χ4v) is 4.29. The van der Waals surface area contributed by atoms with Crippen molar-refractivity contribution in [3.8, 4) is 10.6 Å². The van der Waals surface area contributed by atoms with Gasteiger partial charge in [0.05, 0.1) is 17.0 Å². The fraction of sp³-hybridized carbons (Fsp3) is 0.591. The van der Waals surface area contributed by atoms with Crippen LogP contribution in [0, 0.1) is 13.8 Å². The Morgan fingerprint density at radius 3 is 2.53 bits per heavy atom. The average molecular weight is 471 g/mol. The maximum absolute atomic E-state index is 12.6. The predicted octanol–water partition coefficient (Wildman–Crippen LogP) is 5.50. The van der Waals surface area contributed by atoms with Crippen LogP contribution in [0.1, 0.15) is 49.9 Å². The summed E-state index contributed by atoms with van der Waals surface area (Å²) in [4.78, 5) is 14.6. The van der Waals surface area contributed by atoms with Gasteiger partial charge in [0.15, 0.2) is 0 Å². The molecule has 0 aliphatic carbocycles. The molecule has 1 fully saturated rings. The number of halogens is 3. The van der Waals surface area contributed by atoms with Crippen LogP contribution in [0.3, 0.4) is 0 Å². The fourth-order valence-electron chi connectivity index (χ4n) is 3.25.